The molecule has 0 aliphatic rings. The minimum Gasteiger partial charge on any atom is -0.502 e. The second-order valence-corrected chi connectivity index (χ2v) is 3.54. The average molecular weight is 226 g/mol. The van der Waals surface area contributed by atoms with Crippen LogP contribution in [0.15, 0.2) is 23.5 Å². The van der Waals surface area contributed by atoms with Crippen LogP contribution in [0.4, 0.5) is 0 Å². The Labute approximate surface area is 95.6 Å². The summed E-state index contributed by atoms with van der Waals surface area (Å²) in [4.78, 5) is 22.2. The van der Waals surface area contributed by atoms with E-state index < -0.39 is 11.7 Å². The Morgan fingerprint density at radius 3 is 2.44 bits per heavy atom. The fourth-order valence-corrected chi connectivity index (χ4v) is 0.992. The molecule has 0 aromatic heterocycles. The van der Waals surface area contributed by atoms with Crippen molar-refractivity contribution in [3.8, 4) is 0 Å². The summed E-state index contributed by atoms with van der Waals surface area (Å²) in [5.41, 5.74) is 1.13. The summed E-state index contributed by atoms with van der Waals surface area (Å²) in [7, 11) is 0. The molecule has 0 rings (SSSR count). The maximum atomic E-state index is 11.3. The third-order valence-corrected chi connectivity index (χ3v) is 1.73. The van der Waals surface area contributed by atoms with Gasteiger partial charge in [-0.05, 0) is 27.2 Å². The van der Waals surface area contributed by atoms with E-state index in [1.165, 1.54) is 0 Å². The highest BCUT2D eigenvalue weighted by molar-refractivity contribution is 5.97. The Morgan fingerprint density at radius 1 is 1.31 bits per heavy atom. The van der Waals surface area contributed by atoms with Gasteiger partial charge < -0.3 is 9.84 Å². The number of hydrogen-bond acceptors (Lipinski definition) is 4. The highest BCUT2D eigenvalue weighted by Gasteiger charge is 2.09. The molecule has 1 N–H and O–H groups in total. The highest BCUT2D eigenvalue weighted by atomic mass is 16.5. The number of carbonyl (C=O) groups is 2. The number of rotatable bonds is 6. The zero-order valence-electron chi connectivity index (χ0n) is 9.95. The van der Waals surface area contributed by atoms with Gasteiger partial charge in [0, 0.05) is 12.5 Å². The van der Waals surface area contributed by atoms with E-state index >= 15 is 0 Å². The van der Waals surface area contributed by atoms with E-state index in [0.29, 0.717) is 6.42 Å². The van der Waals surface area contributed by atoms with Crippen molar-refractivity contribution in [1.82, 2.24) is 0 Å². The molecule has 0 fully saturated rings. The molecule has 4 nitrogen and oxygen atoms in total. The molecule has 0 aliphatic carbocycles. The van der Waals surface area contributed by atoms with Crippen molar-refractivity contribution >= 4 is 11.8 Å². The minimum absolute atomic E-state index is 0.169. The van der Waals surface area contributed by atoms with Crippen LogP contribution in [0.2, 0.25) is 0 Å². The van der Waals surface area contributed by atoms with Crippen LogP contribution in [0.3, 0.4) is 0 Å². The van der Waals surface area contributed by atoms with E-state index in [0.717, 1.165) is 11.6 Å². The Kier molecular flexibility index (Phi) is 6.92. The molecule has 0 atom stereocenters. The normalized spacial score (nSPS) is 10.8. The summed E-state index contributed by atoms with van der Waals surface area (Å²) < 4.78 is 4.53. The van der Waals surface area contributed by atoms with Gasteiger partial charge in [0.05, 0.1) is 6.61 Å². The number of carbonyl (C=O) groups excluding carboxylic acids is 2. The summed E-state index contributed by atoms with van der Waals surface area (Å²) >= 11 is 0. The molecule has 0 amide bonds. The first-order chi connectivity index (χ1) is 7.47. The van der Waals surface area contributed by atoms with Crippen molar-refractivity contribution in [2.75, 3.05) is 6.61 Å². The van der Waals surface area contributed by atoms with E-state index in [9.17, 15) is 14.7 Å². The lowest BCUT2D eigenvalue weighted by molar-refractivity contribution is -0.141. The fraction of sp³-hybridized carbons (Fsp3) is 0.500. The Bertz CT molecular complexity index is 309. The van der Waals surface area contributed by atoms with Gasteiger partial charge in [-0.3, -0.25) is 4.79 Å². The molecule has 4 heteroatoms. The standard InChI is InChI=1S/C12H18O4/c1-4-16-12(15)11(14)8-10(13)7-5-6-9(2)3/h6,8,14H,4-5,7H2,1-3H3. The monoisotopic (exact) mass is 226 g/mol. The molecule has 0 unspecified atom stereocenters. The van der Waals surface area contributed by atoms with E-state index in [2.05, 4.69) is 4.74 Å². The molecule has 0 saturated heterocycles. The molecule has 0 aromatic carbocycles. The van der Waals surface area contributed by atoms with Crippen LogP contribution in [0, 0.1) is 0 Å². The molecule has 90 valence electrons. The summed E-state index contributed by atoms with van der Waals surface area (Å²) in [5, 5.41) is 9.18. The van der Waals surface area contributed by atoms with E-state index in [4.69, 9.17) is 0 Å². The zero-order valence-corrected chi connectivity index (χ0v) is 9.95. The van der Waals surface area contributed by atoms with Crippen LogP contribution in [0.25, 0.3) is 0 Å². The lowest BCUT2D eigenvalue weighted by atomic mass is 10.1. The van der Waals surface area contributed by atoms with Crippen molar-refractivity contribution in [1.29, 1.82) is 0 Å². The summed E-state index contributed by atoms with van der Waals surface area (Å²) in [6, 6.07) is 0. The number of ketones is 1. The number of aliphatic hydroxyl groups excluding tert-OH is 1. The summed E-state index contributed by atoms with van der Waals surface area (Å²) in [6.45, 7) is 5.68. The summed E-state index contributed by atoms with van der Waals surface area (Å²) in [6.07, 6.45) is 3.71. The van der Waals surface area contributed by atoms with Crippen LogP contribution in [0.5, 0.6) is 0 Å². The number of hydrogen-bond donors (Lipinski definition) is 1. The van der Waals surface area contributed by atoms with Gasteiger partial charge in [0.25, 0.3) is 0 Å². The maximum Gasteiger partial charge on any atom is 0.373 e. The van der Waals surface area contributed by atoms with Crippen molar-refractivity contribution in [2.45, 2.75) is 33.6 Å². The first kappa shape index (κ1) is 14.4. The van der Waals surface area contributed by atoms with Gasteiger partial charge in [-0.15, -0.1) is 0 Å². The Morgan fingerprint density at radius 2 is 1.94 bits per heavy atom. The molecule has 0 bridgehead atoms. The highest BCUT2D eigenvalue weighted by Crippen LogP contribution is 2.01. The zero-order chi connectivity index (χ0) is 12.6. The van der Waals surface area contributed by atoms with Crippen LogP contribution in [-0.4, -0.2) is 23.5 Å². The van der Waals surface area contributed by atoms with Gasteiger partial charge in [0.1, 0.15) is 0 Å². The van der Waals surface area contributed by atoms with Crippen LogP contribution < -0.4 is 0 Å². The first-order valence-electron chi connectivity index (χ1n) is 5.21. The lowest BCUT2D eigenvalue weighted by Gasteiger charge is -1.99. The van der Waals surface area contributed by atoms with E-state index in [1.807, 2.05) is 19.9 Å². The van der Waals surface area contributed by atoms with Gasteiger partial charge in [0.2, 0.25) is 5.76 Å². The number of ether oxygens (including phenoxy) is 1. The van der Waals surface area contributed by atoms with Crippen molar-refractivity contribution in [3.05, 3.63) is 23.5 Å². The average Bonchev–Trinajstić information content (AvgIpc) is 2.17. The topological polar surface area (TPSA) is 63.6 Å². The smallest absolute Gasteiger partial charge is 0.373 e. The SMILES string of the molecule is CCOC(=O)C(O)=CC(=O)CCC=C(C)C. The molecule has 0 saturated carbocycles. The Hall–Kier alpha value is -1.58. The predicted molar refractivity (Wildman–Crippen MR) is 61.0 cm³/mol. The van der Waals surface area contributed by atoms with Gasteiger partial charge in [-0.2, -0.15) is 0 Å². The molecular weight excluding hydrogens is 208 g/mol. The van der Waals surface area contributed by atoms with Crippen molar-refractivity contribution in [3.63, 3.8) is 0 Å². The minimum atomic E-state index is -0.863. The van der Waals surface area contributed by atoms with E-state index in [1.54, 1.807) is 6.92 Å². The van der Waals surface area contributed by atoms with Gasteiger partial charge in [-0.25, -0.2) is 4.79 Å². The largest absolute Gasteiger partial charge is 0.502 e. The van der Waals surface area contributed by atoms with Crippen LogP contribution in [-0.2, 0) is 14.3 Å². The number of aliphatic hydroxyl groups is 1. The molecule has 0 radical (unpaired) electrons. The van der Waals surface area contributed by atoms with Gasteiger partial charge in [-0.1, -0.05) is 11.6 Å². The third-order valence-electron chi connectivity index (χ3n) is 1.73. The molecule has 0 heterocycles. The third kappa shape index (κ3) is 6.81. The fourth-order valence-electron chi connectivity index (χ4n) is 0.992. The Balaban J connectivity index is 4.15. The van der Waals surface area contributed by atoms with Gasteiger partial charge >= 0.3 is 5.97 Å². The lowest BCUT2D eigenvalue weighted by Crippen LogP contribution is -2.09. The first-order valence-corrected chi connectivity index (χ1v) is 5.21. The van der Waals surface area contributed by atoms with E-state index in [-0.39, 0.29) is 18.8 Å². The molecular formula is C12H18O4. The van der Waals surface area contributed by atoms with Crippen LogP contribution in [0.1, 0.15) is 33.6 Å². The molecule has 0 aromatic rings. The van der Waals surface area contributed by atoms with Crippen LogP contribution >= 0.6 is 0 Å². The summed E-state index contributed by atoms with van der Waals surface area (Å²) in [5.74, 6) is -1.79. The second-order valence-electron chi connectivity index (χ2n) is 3.54. The maximum absolute atomic E-state index is 11.3. The van der Waals surface area contributed by atoms with Gasteiger partial charge in [0.15, 0.2) is 5.78 Å². The predicted octanol–water partition coefficient (Wildman–Crippen LogP) is 2.31. The molecule has 0 aliphatic heterocycles. The molecule has 0 spiro atoms. The quantitative estimate of drug-likeness (QED) is 0.327. The van der Waals surface area contributed by atoms with Crippen molar-refractivity contribution < 1.29 is 19.4 Å². The molecule has 16 heavy (non-hydrogen) atoms. The second kappa shape index (κ2) is 7.68. The number of allylic oxidation sites excluding steroid dienone is 3. The number of esters is 1. The van der Waals surface area contributed by atoms with Crippen molar-refractivity contribution in [2.24, 2.45) is 0 Å².